The van der Waals surface area contributed by atoms with Gasteiger partial charge in [0.1, 0.15) is 23.5 Å². The highest BCUT2D eigenvalue weighted by Crippen LogP contribution is 2.53. The number of nitrogens with one attached hydrogen (secondary N) is 1. The van der Waals surface area contributed by atoms with Crippen molar-refractivity contribution in [3.05, 3.63) is 53.5 Å². The van der Waals surface area contributed by atoms with Crippen LogP contribution in [0.2, 0.25) is 0 Å². The van der Waals surface area contributed by atoms with E-state index in [2.05, 4.69) is 20.4 Å². The zero-order valence-corrected chi connectivity index (χ0v) is 17.3. The standard InChI is InChI=1S/C23H22F2N6O/c24-17-5-15(6-18(25)8-17)21-1-2-30-31(21)23(32)20-7-16(13-3-14(20)4-13)10-28-22-12-27-19(9-26)11-29-22/h2,5-6,8,11-14,16,20-21H,1,3-4,7,10H2,(H,28,29)/t13?,14?,16-,20-,21?/m0/s1. The van der Waals surface area contributed by atoms with Crippen molar-refractivity contribution in [2.24, 2.45) is 28.8 Å². The van der Waals surface area contributed by atoms with Crippen molar-refractivity contribution >= 4 is 17.9 Å². The molecule has 6 rings (SSSR count). The molecule has 0 spiro atoms. The van der Waals surface area contributed by atoms with Crippen molar-refractivity contribution < 1.29 is 13.6 Å². The monoisotopic (exact) mass is 436 g/mol. The van der Waals surface area contributed by atoms with E-state index in [1.54, 1.807) is 6.21 Å². The quantitative estimate of drug-likeness (QED) is 0.772. The van der Waals surface area contributed by atoms with Gasteiger partial charge in [-0.15, -0.1) is 0 Å². The largest absolute Gasteiger partial charge is 0.369 e. The lowest BCUT2D eigenvalue weighted by molar-refractivity contribution is -0.147. The summed E-state index contributed by atoms with van der Waals surface area (Å²) in [7, 11) is 0. The number of nitriles is 1. The number of benzene rings is 1. The number of nitrogens with zero attached hydrogens (tertiary/aromatic N) is 5. The van der Waals surface area contributed by atoms with Gasteiger partial charge in [-0.1, -0.05) is 0 Å². The molecule has 32 heavy (non-hydrogen) atoms. The highest BCUT2D eigenvalue weighted by atomic mass is 19.1. The lowest BCUT2D eigenvalue weighted by Crippen LogP contribution is -2.50. The van der Waals surface area contributed by atoms with Crippen LogP contribution in [0.3, 0.4) is 0 Å². The molecule has 2 aromatic rings. The van der Waals surface area contributed by atoms with Crippen LogP contribution in [0.25, 0.3) is 0 Å². The molecule has 7 nitrogen and oxygen atoms in total. The van der Waals surface area contributed by atoms with E-state index >= 15 is 0 Å². The van der Waals surface area contributed by atoms with Gasteiger partial charge in [-0.2, -0.15) is 10.4 Å². The summed E-state index contributed by atoms with van der Waals surface area (Å²) < 4.78 is 27.5. The first-order chi connectivity index (χ1) is 15.5. The maximum Gasteiger partial charge on any atom is 0.246 e. The number of carbonyl (C=O) groups is 1. The van der Waals surface area contributed by atoms with Crippen LogP contribution in [0.1, 0.15) is 43.0 Å². The fourth-order valence-corrected chi connectivity index (χ4v) is 5.24. The molecule has 1 amide bonds. The second kappa shape index (κ2) is 8.26. The topological polar surface area (TPSA) is 94.3 Å². The first-order valence-corrected chi connectivity index (χ1v) is 10.8. The SMILES string of the molecule is N#Cc1cnc(NC[C@@H]2C[C@H](C(=O)N3N=CCC3c3cc(F)cc(F)c3)C3CC2C3)cn1. The highest BCUT2D eigenvalue weighted by molar-refractivity contribution is 5.82. The summed E-state index contributed by atoms with van der Waals surface area (Å²) in [6.45, 7) is 0.670. The molecule has 1 N–H and O–H groups in total. The minimum Gasteiger partial charge on any atom is -0.369 e. The Balaban J connectivity index is 1.26. The lowest BCUT2D eigenvalue weighted by Gasteiger charge is -2.51. The summed E-state index contributed by atoms with van der Waals surface area (Å²) in [6.07, 6.45) is 7.78. The minimum atomic E-state index is -0.657. The van der Waals surface area contributed by atoms with Crippen LogP contribution >= 0.6 is 0 Å². The van der Waals surface area contributed by atoms with Gasteiger partial charge in [-0.3, -0.25) is 4.79 Å². The summed E-state index contributed by atoms with van der Waals surface area (Å²) in [6, 6.07) is 4.84. The lowest BCUT2D eigenvalue weighted by atomic mass is 9.55. The summed E-state index contributed by atoms with van der Waals surface area (Å²) in [5.74, 6) is 0.271. The molecular formula is C23H22F2N6O. The number of hydrazone groups is 1. The van der Waals surface area contributed by atoms with Crippen molar-refractivity contribution in [1.82, 2.24) is 15.0 Å². The predicted octanol–water partition coefficient (Wildman–Crippen LogP) is 3.66. The van der Waals surface area contributed by atoms with Gasteiger partial charge < -0.3 is 5.32 Å². The predicted molar refractivity (Wildman–Crippen MR) is 112 cm³/mol. The molecule has 9 heteroatoms. The van der Waals surface area contributed by atoms with Gasteiger partial charge in [-0.25, -0.2) is 23.8 Å². The summed E-state index contributed by atoms with van der Waals surface area (Å²) >= 11 is 0. The number of hydrogen-bond donors (Lipinski definition) is 1. The van der Waals surface area contributed by atoms with Crippen LogP contribution in [0, 0.1) is 46.6 Å². The second-order valence-electron chi connectivity index (χ2n) is 8.81. The molecule has 3 aliphatic carbocycles. The number of fused-ring (bicyclic) bond motifs is 2. The van der Waals surface area contributed by atoms with Gasteiger partial charge in [0.25, 0.3) is 0 Å². The van der Waals surface area contributed by atoms with Crippen LogP contribution in [0.4, 0.5) is 14.6 Å². The van der Waals surface area contributed by atoms with Crippen LogP contribution in [0.15, 0.2) is 35.7 Å². The molecule has 1 aromatic carbocycles. The zero-order chi connectivity index (χ0) is 22.2. The molecule has 0 radical (unpaired) electrons. The maximum atomic E-state index is 13.7. The Morgan fingerprint density at radius 2 is 1.91 bits per heavy atom. The molecule has 2 heterocycles. The summed E-state index contributed by atoms with van der Waals surface area (Å²) in [4.78, 5) is 21.6. The average Bonchev–Trinajstić information content (AvgIpc) is 3.26. The molecule has 4 aliphatic rings. The Labute approximate surface area is 184 Å². The molecule has 3 atom stereocenters. The number of carbonyl (C=O) groups excluding carboxylic acids is 1. The van der Waals surface area contributed by atoms with Gasteiger partial charge >= 0.3 is 0 Å². The van der Waals surface area contributed by atoms with E-state index < -0.39 is 17.7 Å². The van der Waals surface area contributed by atoms with Gasteiger partial charge in [0.05, 0.1) is 18.4 Å². The Kier molecular flexibility index (Phi) is 5.29. The number of rotatable bonds is 5. The first-order valence-electron chi connectivity index (χ1n) is 10.8. The number of halogens is 2. The van der Waals surface area contributed by atoms with E-state index in [0.717, 1.165) is 25.3 Å². The number of hydrogen-bond acceptors (Lipinski definition) is 6. The fourth-order valence-electron chi connectivity index (χ4n) is 5.24. The molecule has 1 unspecified atom stereocenters. The van der Waals surface area contributed by atoms with Crippen molar-refractivity contribution in [1.29, 1.82) is 5.26 Å². The van der Waals surface area contributed by atoms with E-state index in [1.165, 1.54) is 29.5 Å². The van der Waals surface area contributed by atoms with E-state index in [1.807, 2.05) is 6.07 Å². The van der Waals surface area contributed by atoms with E-state index in [9.17, 15) is 13.6 Å². The fraction of sp³-hybridized carbons (Fsp3) is 0.435. The Morgan fingerprint density at radius 3 is 2.59 bits per heavy atom. The number of anilines is 1. The normalized spacial score (nSPS) is 28.2. The number of amides is 1. The molecule has 1 aromatic heterocycles. The smallest absolute Gasteiger partial charge is 0.246 e. The van der Waals surface area contributed by atoms with Gasteiger partial charge in [-0.05, 0) is 54.7 Å². The third-order valence-electron chi connectivity index (χ3n) is 6.96. The Hall–Kier alpha value is -3.41. The summed E-state index contributed by atoms with van der Waals surface area (Å²) in [5.41, 5.74) is 0.688. The Morgan fingerprint density at radius 1 is 1.12 bits per heavy atom. The van der Waals surface area contributed by atoms with Gasteiger partial charge in [0.2, 0.25) is 5.91 Å². The van der Waals surface area contributed by atoms with Crippen LogP contribution in [-0.4, -0.2) is 33.6 Å². The van der Waals surface area contributed by atoms with Crippen molar-refractivity contribution in [2.75, 3.05) is 11.9 Å². The van der Waals surface area contributed by atoms with E-state index in [-0.39, 0.29) is 17.5 Å². The highest BCUT2D eigenvalue weighted by Gasteiger charge is 2.50. The molecule has 1 aliphatic heterocycles. The molecular weight excluding hydrogens is 414 g/mol. The van der Waals surface area contributed by atoms with Gasteiger partial charge in [0.15, 0.2) is 5.69 Å². The van der Waals surface area contributed by atoms with Crippen molar-refractivity contribution in [2.45, 2.75) is 31.7 Å². The maximum absolute atomic E-state index is 13.7. The van der Waals surface area contributed by atoms with Crippen molar-refractivity contribution in [3.8, 4) is 6.07 Å². The minimum absolute atomic E-state index is 0.0697. The molecule has 3 fully saturated rings. The van der Waals surface area contributed by atoms with Crippen LogP contribution in [-0.2, 0) is 4.79 Å². The van der Waals surface area contributed by atoms with Crippen molar-refractivity contribution in [3.63, 3.8) is 0 Å². The zero-order valence-electron chi connectivity index (χ0n) is 17.3. The molecule has 2 bridgehead atoms. The van der Waals surface area contributed by atoms with Crippen LogP contribution < -0.4 is 5.32 Å². The summed E-state index contributed by atoms with van der Waals surface area (Å²) in [5, 5.41) is 17.8. The van der Waals surface area contributed by atoms with E-state index in [4.69, 9.17) is 5.26 Å². The van der Waals surface area contributed by atoms with Gasteiger partial charge in [0, 0.05) is 31.2 Å². The second-order valence-corrected chi connectivity index (χ2v) is 8.81. The average molecular weight is 436 g/mol. The van der Waals surface area contributed by atoms with Crippen LogP contribution in [0.5, 0.6) is 0 Å². The third-order valence-corrected chi connectivity index (χ3v) is 6.96. The Bertz CT molecular complexity index is 1070. The molecule has 0 saturated heterocycles. The number of aromatic nitrogens is 2. The first kappa shape index (κ1) is 20.5. The molecule has 3 saturated carbocycles. The van der Waals surface area contributed by atoms with E-state index in [0.29, 0.717) is 42.1 Å². The molecule has 164 valence electrons. The third kappa shape index (κ3) is 3.81.